The van der Waals surface area contributed by atoms with Gasteiger partial charge in [-0.15, -0.1) is 11.8 Å². The van der Waals surface area contributed by atoms with Crippen LogP contribution in [0.4, 0.5) is 0 Å². The predicted molar refractivity (Wildman–Crippen MR) is 92.0 cm³/mol. The lowest BCUT2D eigenvalue weighted by Crippen LogP contribution is -2.11. The van der Waals surface area contributed by atoms with Crippen LogP contribution in [-0.2, 0) is 11.8 Å². The molecule has 1 unspecified atom stereocenters. The zero-order valence-electron chi connectivity index (χ0n) is 13.3. The Morgan fingerprint density at radius 1 is 1.00 bits per heavy atom. The molecule has 0 saturated carbocycles. The van der Waals surface area contributed by atoms with Crippen molar-refractivity contribution in [2.24, 2.45) is 0 Å². The molecule has 0 radical (unpaired) electrons. The molecule has 0 aliphatic rings. The maximum atomic E-state index is 10.5. The number of aliphatic hydroxyl groups excluding tert-OH is 1. The highest BCUT2D eigenvalue weighted by atomic mass is 32.2. The SMILES string of the molecule is CSc1ccccc1C(O)Cc1ccc(C(C)(C)C)cc1. The molecule has 2 aromatic carbocycles. The Balaban J connectivity index is 2.14. The van der Waals surface area contributed by atoms with E-state index in [1.807, 2.05) is 24.5 Å². The molecule has 1 nitrogen and oxygen atoms in total. The molecule has 0 amide bonds. The highest BCUT2D eigenvalue weighted by Gasteiger charge is 2.15. The van der Waals surface area contributed by atoms with E-state index in [9.17, 15) is 5.11 Å². The Morgan fingerprint density at radius 3 is 2.19 bits per heavy atom. The van der Waals surface area contributed by atoms with Crippen molar-refractivity contribution < 1.29 is 5.11 Å². The van der Waals surface area contributed by atoms with Crippen LogP contribution in [0.1, 0.15) is 43.6 Å². The van der Waals surface area contributed by atoms with Crippen molar-refractivity contribution in [2.45, 2.75) is 43.6 Å². The lowest BCUT2D eigenvalue weighted by molar-refractivity contribution is 0.175. The number of hydrogen-bond acceptors (Lipinski definition) is 2. The van der Waals surface area contributed by atoms with Crippen molar-refractivity contribution in [1.29, 1.82) is 0 Å². The Hall–Kier alpha value is -1.25. The number of aliphatic hydroxyl groups is 1. The zero-order valence-corrected chi connectivity index (χ0v) is 14.1. The third kappa shape index (κ3) is 4.12. The fourth-order valence-corrected chi connectivity index (χ4v) is 3.07. The molecule has 0 saturated heterocycles. The molecule has 0 aliphatic carbocycles. The van der Waals surface area contributed by atoms with Crippen LogP contribution >= 0.6 is 11.8 Å². The molecule has 0 aliphatic heterocycles. The van der Waals surface area contributed by atoms with E-state index < -0.39 is 6.10 Å². The summed E-state index contributed by atoms with van der Waals surface area (Å²) >= 11 is 1.68. The average Bonchev–Trinajstić information content (AvgIpc) is 2.46. The van der Waals surface area contributed by atoms with Crippen LogP contribution in [0.15, 0.2) is 53.4 Å². The summed E-state index contributed by atoms with van der Waals surface area (Å²) in [5, 5.41) is 10.5. The minimum Gasteiger partial charge on any atom is -0.388 e. The van der Waals surface area contributed by atoms with Gasteiger partial charge >= 0.3 is 0 Å². The van der Waals surface area contributed by atoms with E-state index in [0.29, 0.717) is 6.42 Å². The number of benzene rings is 2. The lowest BCUT2D eigenvalue weighted by atomic mass is 9.86. The van der Waals surface area contributed by atoms with Crippen molar-refractivity contribution >= 4 is 11.8 Å². The van der Waals surface area contributed by atoms with Crippen LogP contribution in [0, 0.1) is 0 Å². The molecule has 0 fully saturated rings. The van der Waals surface area contributed by atoms with Gasteiger partial charge in [-0.2, -0.15) is 0 Å². The first-order chi connectivity index (χ1) is 9.91. The smallest absolute Gasteiger partial charge is 0.0841 e. The largest absolute Gasteiger partial charge is 0.388 e. The standard InChI is InChI=1S/C19H24OS/c1-19(2,3)15-11-9-14(10-12-15)13-17(20)16-7-5-6-8-18(16)21-4/h5-12,17,20H,13H2,1-4H3. The molecule has 21 heavy (non-hydrogen) atoms. The van der Waals surface area contributed by atoms with Gasteiger partial charge in [0.2, 0.25) is 0 Å². The Labute approximate surface area is 132 Å². The van der Waals surface area contributed by atoms with Gasteiger partial charge in [0, 0.05) is 11.3 Å². The molecular formula is C19H24OS. The summed E-state index contributed by atoms with van der Waals surface area (Å²) in [7, 11) is 0. The van der Waals surface area contributed by atoms with Crippen molar-refractivity contribution in [1.82, 2.24) is 0 Å². The van der Waals surface area contributed by atoms with Crippen molar-refractivity contribution in [3.05, 3.63) is 65.2 Å². The minimum atomic E-state index is -0.450. The van der Waals surface area contributed by atoms with Crippen LogP contribution in [-0.4, -0.2) is 11.4 Å². The molecule has 1 N–H and O–H groups in total. The first-order valence-electron chi connectivity index (χ1n) is 7.32. The fraction of sp³-hybridized carbons (Fsp3) is 0.368. The van der Waals surface area contributed by atoms with Gasteiger partial charge in [-0.3, -0.25) is 0 Å². The maximum absolute atomic E-state index is 10.5. The van der Waals surface area contributed by atoms with E-state index in [2.05, 4.69) is 51.1 Å². The van der Waals surface area contributed by atoms with Gasteiger partial charge in [0.15, 0.2) is 0 Å². The van der Waals surface area contributed by atoms with E-state index in [1.165, 1.54) is 11.1 Å². The molecular weight excluding hydrogens is 276 g/mol. The quantitative estimate of drug-likeness (QED) is 0.803. The zero-order chi connectivity index (χ0) is 15.5. The van der Waals surface area contributed by atoms with Gasteiger partial charge in [-0.25, -0.2) is 0 Å². The monoisotopic (exact) mass is 300 g/mol. The van der Waals surface area contributed by atoms with Crippen molar-refractivity contribution in [2.75, 3.05) is 6.26 Å². The van der Waals surface area contributed by atoms with E-state index in [-0.39, 0.29) is 5.41 Å². The summed E-state index contributed by atoms with van der Waals surface area (Å²) in [6.07, 6.45) is 2.25. The molecule has 0 aromatic heterocycles. The fourth-order valence-electron chi connectivity index (χ4n) is 2.42. The molecule has 0 bridgehead atoms. The Kier molecular flexibility index (Phi) is 5.13. The summed E-state index contributed by atoms with van der Waals surface area (Å²) in [6, 6.07) is 16.7. The van der Waals surface area contributed by atoms with Crippen LogP contribution in [0.25, 0.3) is 0 Å². The summed E-state index contributed by atoms with van der Waals surface area (Å²) in [5.74, 6) is 0. The molecule has 2 heteroatoms. The highest BCUT2D eigenvalue weighted by Crippen LogP contribution is 2.28. The van der Waals surface area contributed by atoms with Crippen LogP contribution < -0.4 is 0 Å². The van der Waals surface area contributed by atoms with Gasteiger partial charge in [0.25, 0.3) is 0 Å². The average molecular weight is 300 g/mol. The van der Waals surface area contributed by atoms with E-state index >= 15 is 0 Å². The molecule has 2 aromatic rings. The van der Waals surface area contributed by atoms with Gasteiger partial charge < -0.3 is 5.11 Å². The molecule has 1 atom stereocenters. The van der Waals surface area contributed by atoms with Crippen LogP contribution in [0.5, 0.6) is 0 Å². The number of hydrogen-bond donors (Lipinski definition) is 1. The molecule has 0 spiro atoms. The summed E-state index contributed by atoms with van der Waals surface area (Å²) in [4.78, 5) is 1.15. The van der Waals surface area contributed by atoms with Crippen LogP contribution in [0.3, 0.4) is 0 Å². The second kappa shape index (κ2) is 6.67. The van der Waals surface area contributed by atoms with Gasteiger partial charge in [0.05, 0.1) is 6.10 Å². The maximum Gasteiger partial charge on any atom is 0.0841 e. The number of rotatable bonds is 4. The van der Waals surface area contributed by atoms with Crippen molar-refractivity contribution in [3.8, 4) is 0 Å². The minimum absolute atomic E-state index is 0.169. The molecule has 0 heterocycles. The molecule has 2 rings (SSSR count). The van der Waals surface area contributed by atoms with E-state index in [4.69, 9.17) is 0 Å². The van der Waals surface area contributed by atoms with Gasteiger partial charge in [0.1, 0.15) is 0 Å². The Morgan fingerprint density at radius 2 is 1.62 bits per heavy atom. The summed E-state index contributed by atoms with van der Waals surface area (Å²) in [5.41, 5.74) is 3.68. The first kappa shape index (κ1) is 16.1. The predicted octanol–water partition coefficient (Wildman–Crippen LogP) is 4.98. The van der Waals surface area contributed by atoms with Gasteiger partial charge in [-0.05, 0) is 34.4 Å². The van der Waals surface area contributed by atoms with E-state index in [0.717, 1.165) is 10.5 Å². The lowest BCUT2D eigenvalue weighted by Gasteiger charge is -2.20. The third-order valence-electron chi connectivity index (χ3n) is 3.75. The van der Waals surface area contributed by atoms with E-state index in [1.54, 1.807) is 11.8 Å². The molecule has 112 valence electrons. The highest BCUT2D eigenvalue weighted by molar-refractivity contribution is 7.98. The first-order valence-corrected chi connectivity index (χ1v) is 8.54. The van der Waals surface area contributed by atoms with Crippen LogP contribution in [0.2, 0.25) is 0 Å². The number of thioether (sulfide) groups is 1. The summed E-state index contributed by atoms with van der Waals surface area (Å²) < 4.78 is 0. The van der Waals surface area contributed by atoms with Crippen molar-refractivity contribution in [3.63, 3.8) is 0 Å². The third-order valence-corrected chi connectivity index (χ3v) is 4.56. The summed E-state index contributed by atoms with van der Waals surface area (Å²) in [6.45, 7) is 6.64. The second-order valence-electron chi connectivity index (χ2n) is 6.41. The topological polar surface area (TPSA) is 20.2 Å². The second-order valence-corrected chi connectivity index (χ2v) is 7.26. The Bertz CT molecular complexity index is 581. The normalized spacial score (nSPS) is 13.2. The van der Waals surface area contributed by atoms with Gasteiger partial charge in [-0.1, -0.05) is 63.2 Å².